The summed E-state index contributed by atoms with van der Waals surface area (Å²) in [6.45, 7) is 16.3. The lowest BCUT2D eigenvalue weighted by Crippen LogP contribution is -2.41. The van der Waals surface area contributed by atoms with Crippen LogP contribution in [0.15, 0.2) is 54.9 Å². The van der Waals surface area contributed by atoms with Crippen LogP contribution < -0.4 is 10.9 Å². The molecule has 186 valence electrons. The molecular formula is C27H33B2N3O4. The van der Waals surface area contributed by atoms with Gasteiger partial charge in [-0.25, -0.2) is 4.98 Å². The average Bonchev–Trinajstić information content (AvgIpc) is 3.19. The van der Waals surface area contributed by atoms with Gasteiger partial charge in [-0.15, -0.1) is 0 Å². The number of rotatable bonds is 4. The molecule has 0 saturated carbocycles. The minimum Gasteiger partial charge on any atom is -0.399 e. The molecule has 3 aromatic rings. The Morgan fingerprint density at radius 1 is 0.500 bits per heavy atom. The first-order valence-corrected chi connectivity index (χ1v) is 12.4. The Morgan fingerprint density at radius 2 is 0.861 bits per heavy atom. The summed E-state index contributed by atoms with van der Waals surface area (Å²) in [5.74, 6) is 0. The van der Waals surface area contributed by atoms with Crippen LogP contribution >= 0.6 is 0 Å². The summed E-state index contributed by atoms with van der Waals surface area (Å²) in [6.07, 6.45) is 3.59. The van der Waals surface area contributed by atoms with Gasteiger partial charge in [-0.2, -0.15) is 0 Å². The van der Waals surface area contributed by atoms with Crippen molar-refractivity contribution in [3.8, 4) is 22.8 Å². The number of nitrogens with zero attached hydrogens (tertiary/aromatic N) is 3. The quantitative estimate of drug-likeness (QED) is 0.521. The summed E-state index contributed by atoms with van der Waals surface area (Å²) in [6, 6.07) is 13.7. The topological polar surface area (TPSA) is 75.6 Å². The Bertz CT molecular complexity index is 1130. The van der Waals surface area contributed by atoms with Gasteiger partial charge in [0.05, 0.1) is 45.2 Å². The molecule has 2 fully saturated rings. The zero-order valence-electron chi connectivity index (χ0n) is 22.3. The molecule has 0 unspecified atom stereocenters. The van der Waals surface area contributed by atoms with Gasteiger partial charge >= 0.3 is 14.2 Å². The van der Waals surface area contributed by atoms with E-state index in [1.807, 2.05) is 97.9 Å². The molecule has 5 rings (SSSR count). The normalized spacial score (nSPS) is 21.7. The predicted molar refractivity (Wildman–Crippen MR) is 142 cm³/mol. The van der Waals surface area contributed by atoms with Crippen LogP contribution in [0.25, 0.3) is 22.8 Å². The fourth-order valence-electron chi connectivity index (χ4n) is 4.07. The molecule has 2 saturated heterocycles. The molecule has 7 nitrogen and oxygen atoms in total. The van der Waals surface area contributed by atoms with E-state index < -0.39 is 36.6 Å². The summed E-state index contributed by atoms with van der Waals surface area (Å²) in [5, 5.41) is 0. The largest absolute Gasteiger partial charge is 0.496 e. The molecule has 0 aliphatic carbocycles. The van der Waals surface area contributed by atoms with Crippen LogP contribution in [0.4, 0.5) is 0 Å². The first-order valence-electron chi connectivity index (χ1n) is 12.4. The van der Waals surface area contributed by atoms with Gasteiger partial charge in [0.15, 0.2) is 0 Å². The molecule has 2 aliphatic rings. The molecule has 0 radical (unpaired) electrons. The van der Waals surface area contributed by atoms with E-state index in [2.05, 4.69) is 9.97 Å². The molecule has 0 aromatic carbocycles. The third kappa shape index (κ3) is 4.39. The number of aromatic nitrogens is 3. The summed E-state index contributed by atoms with van der Waals surface area (Å²) < 4.78 is 24.6. The maximum absolute atomic E-state index is 6.14. The Labute approximate surface area is 214 Å². The lowest BCUT2D eigenvalue weighted by molar-refractivity contribution is 0.00578. The van der Waals surface area contributed by atoms with E-state index in [-0.39, 0.29) is 0 Å². The van der Waals surface area contributed by atoms with Gasteiger partial charge in [0.1, 0.15) is 0 Å². The SMILES string of the molecule is CC1(C)OB(c2ccc(-c3cccc(-c4ccc(B5OC(C)(C)C(C)(C)O5)cn4)n3)nc2)OC1(C)C. The van der Waals surface area contributed by atoms with Gasteiger partial charge in [0, 0.05) is 23.3 Å². The minimum absolute atomic E-state index is 0.392. The molecule has 0 amide bonds. The van der Waals surface area contributed by atoms with Gasteiger partial charge in [-0.3, -0.25) is 9.97 Å². The van der Waals surface area contributed by atoms with Crippen LogP contribution in [0.2, 0.25) is 0 Å². The van der Waals surface area contributed by atoms with Crippen LogP contribution in [0, 0.1) is 0 Å². The van der Waals surface area contributed by atoms with Crippen molar-refractivity contribution in [2.24, 2.45) is 0 Å². The second-order valence-electron chi connectivity index (χ2n) is 11.5. The Hall–Kier alpha value is -2.58. The first-order chi connectivity index (χ1) is 16.8. The van der Waals surface area contributed by atoms with Crippen LogP contribution in [0.3, 0.4) is 0 Å². The van der Waals surface area contributed by atoms with E-state index in [9.17, 15) is 0 Å². The van der Waals surface area contributed by atoms with Crippen molar-refractivity contribution in [3.63, 3.8) is 0 Å². The van der Waals surface area contributed by atoms with Crippen molar-refractivity contribution >= 4 is 25.2 Å². The summed E-state index contributed by atoms with van der Waals surface area (Å²) in [7, 11) is -0.884. The maximum atomic E-state index is 6.14. The molecule has 5 heterocycles. The van der Waals surface area contributed by atoms with E-state index >= 15 is 0 Å². The van der Waals surface area contributed by atoms with Crippen LogP contribution in [-0.2, 0) is 18.6 Å². The van der Waals surface area contributed by atoms with Gasteiger partial charge in [0.2, 0.25) is 0 Å². The van der Waals surface area contributed by atoms with Gasteiger partial charge < -0.3 is 18.6 Å². The standard InChI is InChI=1S/C27H33B2N3O4/c1-24(2)25(3,4)34-28(33-24)18-12-14-20(30-16-18)22-10-9-11-23(32-22)21-15-13-19(17-31-21)29-35-26(5,6)27(7,8)36-29/h9-17H,1-8H3. The number of hydrogen-bond acceptors (Lipinski definition) is 7. The highest BCUT2D eigenvalue weighted by Crippen LogP contribution is 2.37. The lowest BCUT2D eigenvalue weighted by Gasteiger charge is -2.32. The van der Waals surface area contributed by atoms with Crippen molar-refractivity contribution in [2.45, 2.75) is 77.8 Å². The fourth-order valence-corrected chi connectivity index (χ4v) is 4.07. The van der Waals surface area contributed by atoms with E-state index in [1.54, 1.807) is 12.4 Å². The molecule has 3 aromatic heterocycles. The zero-order chi connectivity index (χ0) is 25.9. The van der Waals surface area contributed by atoms with E-state index in [0.717, 1.165) is 33.7 Å². The Morgan fingerprint density at radius 3 is 1.17 bits per heavy atom. The van der Waals surface area contributed by atoms with Crippen molar-refractivity contribution in [1.82, 2.24) is 15.0 Å². The van der Waals surface area contributed by atoms with Gasteiger partial charge in [-0.05, 0) is 79.7 Å². The average molecular weight is 485 g/mol. The molecular weight excluding hydrogens is 452 g/mol. The highest BCUT2D eigenvalue weighted by molar-refractivity contribution is 6.62. The highest BCUT2D eigenvalue weighted by atomic mass is 16.7. The number of hydrogen-bond donors (Lipinski definition) is 0. The molecule has 0 bridgehead atoms. The fraction of sp³-hybridized carbons (Fsp3) is 0.444. The summed E-state index contributed by atoms with van der Waals surface area (Å²) in [4.78, 5) is 14.1. The Balaban J connectivity index is 1.33. The van der Waals surface area contributed by atoms with Crippen molar-refractivity contribution in [1.29, 1.82) is 0 Å². The third-order valence-corrected chi connectivity index (χ3v) is 7.90. The van der Waals surface area contributed by atoms with E-state index in [4.69, 9.17) is 23.6 Å². The van der Waals surface area contributed by atoms with Crippen LogP contribution in [-0.4, -0.2) is 51.6 Å². The monoisotopic (exact) mass is 485 g/mol. The second kappa shape index (κ2) is 8.48. The second-order valence-corrected chi connectivity index (χ2v) is 11.5. The molecule has 36 heavy (non-hydrogen) atoms. The smallest absolute Gasteiger partial charge is 0.399 e. The third-order valence-electron chi connectivity index (χ3n) is 7.90. The molecule has 0 atom stereocenters. The minimum atomic E-state index is -0.442. The molecule has 9 heteroatoms. The van der Waals surface area contributed by atoms with Crippen molar-refractivity contribution in [2.75, 3.05) is 0 Å². The summed E-state index contributed by atoms with van der Waals surface area (Å²) >= 11 is 0. The maximum Gasteiger partial charge on any atom is 0.496 e. The highest BCUT2D eigenvalue weighted by Gasteiger charge is 2.52. The first kappa shape index (κ1) is 25.1. The van der Waals surface area contributed by atoms with Gasteiger partial charge in [0.25, 0.3) is 0 Å². The van der Waals surface area contributed by atoms with E-state index in [1.165, 1.54) is 0 Å². The number of pyridine rings is 3. The zero-order valence-corrected chi connectivity index (χ0v) is 22.3. The lowest BCUT2D eigenvalue weighted by atomic mass is 9.80. The Kier molecular flexibility index (Phi) is 5.91. The molecule has 2 aliphatic heterocycles. The predicted octanol–water partition coefficient (Wildman–Crippen LogP) is 3.80. The van der Waals surface area contributed by atoms with Crippen molar-refractivity contribution < 1.29 is 18.6 Å². The van der Waals surface area contributed by atoms with Crippen LogP contribution in [0.1, 0.15) is 55.4 Å². The summed E-state index contributed by atoms with van der Waals surface area (Å²) in [5.41, 5.74) is 3.27. The molecule has 0 spiro atoms. The van der Waals surface area contributed by atoms with E-state index in [0.29, 0.717) is 0 Å². The van der Waals surface area contributed by atoms with Crippen molar-refractivity contribution in [3.05, 3.63) is 54.9 Å². The van der Waals surface area contributed by atoms with Crippen LogP contribution in [0.5, 0.6) is 0 Å². The molecule has 0 N–H and O–H groups in total. The van der Waals surface area contributed by atoms with Gasteiger partial charge in [-0.1, -0.05) is 18.2 Å².